The summed E-state index contributed by atoms with van der Waals surface area (Å²) in [4.78, 5) is 14.8. The Balaban J connectivity index is 0.00000225. The minimum Gasteiger partial charge on any atom is -0.339 e. The lowest BCUT2D eigenvalue weighted by Gasteiger charge is -2.35. The molecule has 0 saturated carbocycles. The van der Waals surface area contributed by atoms with Crippen molar-refractivity contribution in [3.8, 4) is 0 Å². The molecule has 2 heterocycles. The fraction of sp³-hybridized carbons (Fsp3) is 0.588. The van der Waals surface area contributed by atoms with Crippen molar-refractivity contribution in [2.24, 2.45) is 0 Å². The third-order valence-electron chi connectivity index (χ3n) is 5.18. The smallest absolute Gasteiger partial charge is 0.253 e. The first-order valence-corrected chi connectivity index (χ1v) is 9.79. The van der Waals surface area contributed by atoms with E-state index in [1.54, 1.807) is 17.0 Å². The van der Waals surface area contributed by atoms with E-state index in [9.17, 15) is 13.2 Å². The highest BCUT2D eigenvalue weighted by atomic mass is 35.5. The van der Waals surface area contributed by atoms with Crippen LogP contribution in [0.25, 0.3) is 0 Å². The molecule has 0 spiro atoms. The summed E-state index contributed by atoms with van der Waals surface area (Å²) in [5, 5.41) is 3.57. The molecule has 0 radical (unpaired) electrons. The lowest BCUT2D eigenvalue weighted by Crippen LogP contribution is -2.48. The lowest BCUT2D eigenvalue weighted by molar-refractivity contribution is 0.0681. The van der Waals surface area contributed by atoms with E-state index in [2.05, 4.69) is 5.32 Å². The molecule has 3 rings (SSSR count). The predicted octanol–water partition coefficient (Wildman–Crippen LogP) is 1.71. The van der Waals surface area contributed by atoms with Crippen LogP contribution < -0.4 is 5.32 Å². The van der Waals surface area contributed by atoms with Gasteiger partial charge in [-0.15, -0.1) is 12.4 Å². The molecular weight excluding hydrogens is 362 g/mol. The Bertz CT molecular complexity index is 726. The Morgan fingerprint density at radius 1 is 1.12 bits per heavy atom. The standard InChI is InChI=1S/C17H25N3O3S.ClH/c1-19(2)24(22,23)16-6-4-5-12(9-16)17(21)20(3)15-10-13-7-8-14(11-15)18-13;/h4-6,9,13-15,18H,7-8,10-11H2,1-3H3;1H. The number of benzene rings is 1. The number of carbonyl (C=O) groups excluding carboxylic acids is 1. The fourth-order valence-electron chi connectivity index (χ4n) is 3.71. The van der Waals surface area contributed by atoms with Gasteiger partial charge in [0.15, 0.2) is 0 Å². The molecular formula is C17H26ClN3O3S. The molecule has 2 unspecified atom stereocenters. The molecule has 1 amide bonds. The minimum absolute atomic E-state index is 0. The maximum atomic E-state index is 12.8. The van der Waals surface area contributed by atoms with Gasteiger partial charge in [-0.1, -0.05) is 6.07 Å². The summed E-state index contributed by atoms with van der Waals surface area (Å²) < 4.78 is 25.7. The molecule has 140 valence electrons. The Kier molecular flexibility index (Phi) is 6.14. The molecule has 1 aromatic rings. The minimum atomic E-state index is -3.54. The van der Waals surface area contributed by atoms with E-state index in [0.29, 0.717) is 17.6 Å². The number of carbonyl (C=O) groups is 1. The second-order valence-corrected chi connectivity index (χ2v) is 9.15. The second kappa shape index (κ2) is 7.61. The molecule has 2 atom stereocenters. The number of rotatable bonds is 4. The summed E-state index contributed by atoms with van der Waals surface area (Å²) in [6.45, 7) is 0. The van der Waals surface area contributed by atoms with Gasteiger partial charge in [-0.3, -0.25) is 4.79 Å². The van der Waals surface area contributed by atoms with Crippen molar-refractivity contribution in [3.05, 3.63) is 29.8 Å². The van der Waals surface area contributed by atoms with Crippen LogP contribution >= 0.6 is 12.4 Å². The van der Waals surface area contributed by atoms with Gasteiger partial charge in [0.25, 0.3) is 5.91 Å². The average Bonchev–Trinajstić information content (AvgIpc) is 2.91. The van der Waals surface area contributed by atoms with E-state index >= 15 is 0 Å². The number of hydrogen-bond acceptors (Lipinski definition) is 4. The number of nitrogens with zero attached hydrogens (tertiary/aromatic N) is 2. The van der Waals surface area contributed by atoms with Crippen LogP contribution in [-0.4, -0.2) is 62.8 Å². The number of nitrogens with one attached hydrogen (secondary N) is 1. The van der Waals surface area contributed by atoms with Gasteiger partial charge in [0.1, 0.15) is 0 Å². The molecule has 2 bridgehead atoms. The number of fused-ring (bicyclic) bond motifs is 2. The number of piperidine rings is 1. The van der Waals surface area contributed by atoms with Gasteiger partial charge >= 0.3 is 0 Å². The zero-order valence-electron chi connectivity index (χ0n) is 14.8. The van der Waals surface area contributed by atoms with E-state index in [1.807, 2.05) is 7.05 Å². The predicted molar refractivity (Wildman–Crippen MR) is 99.6 cm³/mol. The van der Waals surface area contributed by atoms with E-state index in [0.717, 1.165) is 17.1 Å². The quantitative estimate of drug-likeness (QED) is 0.853. The Morgan fingerprint density at radius 3 is 2.28 bits per heavy atom. The zero-order valence-corrected chi connectivity index (χ0v) is 16.4. The summed E-state index contributed by atoms with van der Waals surface area (Å²) in [7, 11) is 1.26. The summed E-state index contributed by atoms with van der Waals surface area (Å²) in [5.41, 5.74) is 0.423. The van der Waals surface area contributed by atoms with Crippen LogP contribution in [0.1, 0.15) is 36.0 Å². The molecule has 2 aliphatic heterocycles. The summed E-state index contributed by atoms with van der Waals surface area (Å²) >= 11 is 0. The van der Waals surface area contributed by atoms with Crippen LogP contribution in [0.4, 0.5) is 0 Å². The van der Waals surface area contributed by atoms with Crippen molar-refractivity contribution in [1.29, 1.82) is 0 Å². The molecule has 0 aromatic heterocycles. The molecule has 0 aliphatic carbocycles. The maximum absolute atomic E-state index is 12.8. The van der Waals surface area contributed by atoms with Gasteiger partial charge in [-0.05, 0) is 43.9 Å². The molecule has 1 aromatic carbocycles. The zero-order chi connectivity index (χ0) is 17.5. The van der Waals surface area contributed by atoms with Gasteiger partial charge in [-0.2, -0.15) is 0 Å². The summed E-state index contributed by atoms with van der Waals surface area (Å²) in [6, 6.07) is 7.53. The number of halogens is 1. The normalized spacial score (nSPS) is 25.5. The topological polar surface area (TPSA) is 69.7 Å². The summed E-state index contributed by atoms with van der Waals surface area (Å²) in [6.07, 6.45) is 4.29. The Morgan fingerprint density at radius 2 is 1.72 bits per heavy atom. The average molecular weight is 388 g/mol. The van der Waals surface area contributed by atoms with Crippen molar-refractivity contribution < 1.29 is 13.2 Å². The first-order chi connectivity index (χ1) is 11.3. The van der Waals surface area contributed by atoms with E-state index in [4.69, 9.17) is 0 Å². The highest BCUT2D eigenvalue weighted by Gasteiger charge is 2.36. The van der Waals surface area contributed by atoms with Crippen LogP contribution in [0.2, 0.25) is 0 Å². The largest absolute Gasteiger partial charge is 0.339 e. The maximum Gasteiger partial charge on any atom is 0.253 e. The van der Waals surface area contributed by atoms with E-state index in [-0.39, 0.29) is 29.3 Å². The SMILES string of the molecule is CN(C(=O)c1cccc(S(=O)(=O)N(C)C)c1)C1CC2CCC(C1)N2.Cl. The molecule has 2 aliphatic rings. The number of amides is 1. The lowest BCUT2D eigenvalue weighted by atomic mass is 9.98. The highest BCUT2D eigenvalue weighted by molar-refractivity contribution is 7.89. The van der Waals surface area contributed by atoms with E-state index in [1.165, 1.54) is 39.1 Å². The molecule has 2 fully saturated rings. The van der Waals surface area contributed by atoms with Gasteiger partial charge in [0, 0.05) is 44.8 Å². The van der Waals surface area contributed by atoms with Crippen LogP contribution in [0, 0.1) is 0 Å². The van der Waals surface area contributed by atoms with Crippen molar-refractivity contribution in [3.63, 3.8) is 0 Å². The van der Waals surface area contributed by atoms with Gasteiger partial charge in [0.2, 0.25) is 10.0 Å². The third-order valence-corrected chi connectivity index (χ3v) is 6.99. The molecule has 6 nitrogen and oxygen atoms in total. The Hall–Kier alpha value is -1.15. The van der Waals surface area contributed by atoms with E-state index < -0.39 is 10.0 Å². The van der Waals surface area contributed by atoms with Crippen LogP contribution in [0.3, 0.4) is 0 Å². The van der Waals surface area contributed by atoms with Crippen LogP contribution in [-0.2, 0) is 10.0 Å². The van der Waals surface area contributed by atoms with Gasteiger partial charge in [-0.25, -0.2) is 12.7 Å². The van der Waals surface area contributed by atoms with Crippen LogP contribution in [0.5, 0.6) is 0 Å². The Labute approximate surface area is 156 Å². The van der Waals surface area contributed by atoms with Gasteiger partial charge in [0.05, 0.1) is 4.90 Å². The molecule has 1 N–H and O–H groups in total. The first kappa shape index (κ1) is 20.2. The number of sulfonamides is 1. The fourth-order valence-corrected chi connectivity index (χ4v) is 4.66. The molecule has 8 heteroatoms. The number of hydrogen-bond donors (Lipinski definition) is 1. The molecule has 25 heavy (non-hydrogen) atoms. The van der Waals surface area contributed by atoms with Gasteiger partial charge < -0.3 is 10.2 Å². The van der Waals surface area contributed by atoms with Crippen molar-refractivity contribution >= 4 is 28.3 Å². The third kappa shape index (κ3) is 4.00. The second-order valence-electron chi connectivity index (χ2n) is 6.99. The molecule has 2 saturated heterocycles. The van der Waals surface area contributed by atoms with Crippen molar-refractivity contribution in [1.82, 2.24) is 14.5 Å². The van der Waals surface area contributed by atoms with Crippen molar-refractivity contribution in [2.45, 2.75) is 48.7 Å². The first-order valence-electron chi connectivity index (χ1n) is 8.35. The van der Waals surface area contributed by atoms with Crippen molar-refractivity contribution in [2.75, 3.05) is 21.1 Å². The highest BCUT2D eigenvalue weighted by Crippen LogP contribution is 2.30. The summed E-state index contributed by atoms with van der Waals surface area (Å²) in [5.74, 6) is -0.114. The monoisotopic (exact) mass is 387 g/mol. The van der Waals surface area contributed by atoms with Crippen LogP contribution in [0.15, 0.2) is 29.2 Å².